The number of nitrogens with one attached hydrogen (secondary N) is 2. The summed E-state index contributed by atoms with van der Waals surface area (Å²) in [6.07, 6.45) is 1.08. The van der Waals surface area contributed by atoms with E-state index in [9.17, 15) is 9.59 Å². The molecule has 0 atom stereocenters. The molecule has 0 unspecified atom stereocenters. The summed E-state index contributed by atoms with van der Waals surface area (Å²) in [5, 5.41) is 5.40. The largest absolute Gasteiger partial charge is 0.444 e. The normalized spacial score (nSPS) is 10.9. The standard InChI is InChI=1S/C18H22N4O3/c1-12-19-9-8-15(21-12)11-20-16(23)13-6-5-7-14(10-13)22-17(24)25-18(2,3)4/h5-10H,11H2,1-4H3,(H,20,23)(H,22,24). The molecule has 2 N–H and O–H groups in total. The minimum atomic E-state index is -0.589. The van der Waals surface area contributed by atoms with Gasteiger partial charge in [-0.25, -0.2) is 14.8 Å². The van der Waals surface area contributed by atoms with Gasteiger partial charge in [0, 0.05) is 17.4 Å². The number of benzene rings is 1. The zero-order chi connectivity index (χ0) is 18.4. The lowest BCUT2D eigenvalue weighted by molar-refractivity contribution is 0.0635. The lowest BCUT2D eigenvalue weighted by atomic mass is 10.2. The van der Waals surface area contributed by atoms with Gasteiger partial charge in [0.1, 0.15) is 11.4 Å². The Hall–Kier alpha value is -2.96. The van der Waals surface area contributed by atoms with Gasteiger partial charge in [-0.3, -0.25) is 10.1 Å². The summed E-state index contributed by atoms with van der Waals surface area (Å²) in [7, 11) is 0. The Morgan fingerprint density at radius 3 is 2.64 bits per heavy atom. The fourth-order valence-corrected chi connectivity index (χ4v) is 2.04. The number of ether oxygens (including phenoxy) is 1. The van der Waals surface area contributed by atoms with Gasteiger partial charge >= 0.3 is 6.09 Å². The lowest BCUT2D eigenvalue weighted by Gasteiger charge is -2.19. The molecule has 0 bridgehead atoms. The van der Waals surface area contributed by atoms with Crippen molar-refractivity contribution < 1.29 is 14.3 Å². The molecule has 1 aromatic heterocycles. The van der Waals surface area contributed by atoms with E-state index >= 15 is 0 Å². The summed E-state index contributed by atoms with van der Waals surface area (Å²) in [5.74, 6) is 0.388. The van der Waals surface area contributed by atoms with E-state index in [1.165, 1.54) is 0 Å². The quantitative estimate of drug-likeness (QED) is 0.891. The van der Waals surface area contributed by atoms with Gasteiger partial charge in [-0.1, -0.05) is 6.07 Å². The number of rotatable bonds is 4. The molecule has 7 nitrogen and oxygen atoms in total. The number of carbonyl (C=O) groups excluding carboxylic acids is 2. The second-order valence-corrected chi connectivity index (χ2v) is 6.49. The summed E-state index contributed by atoms with van der Waals surface area (Å²) in [6.45, 7) is 7.44. The van der Waals surface area contributed by atoms with Crippen molar-refractivity contribution in [2.75, 3.05) is 5.32 Å². The van der Waals surface area contributed by atoms with Crippen LogP contribution in [0.15, 0.2) is 36.5 Å². The maximum atomic E-state index is 12.3. The van der Waals surface area contributed by atoms with Crippen molar-refractivity contribution in [1.29, 1.82) is 0 Å². The van der Waals surface area contributed by atoms with Crippen LogP contribution < -0.4 is 10.6 Å². The highest BCUT2D eigenvalue weighted by Crippen LogP contribution is 2.14. The van der Waals surface area contributed by atoms with Gasteiger partial charge < -0.3 is 10.1 Å². The van der Waals surface area contributed by atoms with E-state index in [0.29, 0.717) is 23.6 Å². The number of amides is 2. The Morgan fingerprint density at radius 2 is 1.96 bits per heavy atom. The first-order valence-corrected chi connectivity index (χ1v) is 7.90. The molecule has 2 aromatic rings. The van der Waals surface area contributed by atoms with Crippen LogP contribution in [-0.2, 0) is 11.3 Å². The molecule has 1 aromatic carbocycles. The second kappa shape index (κ2) is 7.74. The fraction of sp³-hybridized carbons (Fsp3) is 0.333. The maximum absolute atomic E-state index is 12.3. The molecule has 0 aliphatic carbocycles. The average molecular weight is 342 g/mol. The van der Waals surface area contributed by atoms with Gasteiger partial charge in [-0.2, -0.15) is 0 Å². The summed E-state index contributed by atoms with van der Waals surface area (Å²) < 4.78 is 5.19. The van der Waals surface area contributed by atoms with Crippen molar-refractivity contribution in [2.24, 2.45) is 0 Å². The number of aryl methyl sites for hydroxylation is 1. The number of nitrogens with zero attached hydrogens (tertiary/aromatic N) is 2. The summed E-state index contributed by atoms with van der Waals surface area (Å²) in [4.78, 5) is 32.3. The fourth-order valence-electron chi connectivity index (χ4n) is 2.04. The van der Waals surface area contributed by atoms with Gasteiger partial charge in [-0.15, -0.1) is 0 Å². The van der Waals surface area contributed by atoms with E-state index in [2.05, 4.69) is 20.6 Å². The number of aromatic nitrogens is 2. The second-order valence-electron chi connectivity index (χ2n) is 6.49. The van der Waals surface area contributed by atoms with Crippen LogP contribution in [0.4, 0.5) is 10.5 Å². The molecule has 2 amide bonds. The Labute approximate surface area is 146 Å². The van der Waals surface area contributed by atoms with Crippen LogP contribution in [0.3, 0.4) is 0 Å². The Morgan fingerprint density at radius 1 is 1.20 bits per heavy atom. The predicted octanol–water partition coefficient (Wildman–Crippen LogP) is 3.06. The minimum absolute atomic E-state index is 0.260. The van der Waals surface area contributed by atoms with E-state index in [1.54, 1.807) is 64.2 Å². The molecule has 0 saturated heterocycles. The molecule has 0 aliphatic heterocycles. The summed E-state index contributed by atoms with van der Waals surface area (Å²) in [6, 6.07) is 8.38. The van der Waals surface area contributed by atoms with Crippen LogP contribution in [-0.4, -0.2) is 27.6 Å². The molecule has 0 saturated carbocycles. The van der Waals surface area contributed by atoms with Crippen LogP contribution in [0.2, 0.25) is 0 Å². The number of anilines is 1. The molecule has 0 aliphatic rings. The van der Waals surface area contributed by atoms with Crippen LogP contribution in [0.1, 0.15) is 42.6 Å². The van der Waals surface area contributed by atoms with Crippen LogP contribution >= 0.6 is 0 Å². The highest BCUT2D eigenvalue weighted by molar-refractivity contribution is 5.96. The smallest absolute Gasteiger partial charge is 0.412 e. The third-order valence-corrected chi connectivity index (χ3v) is 3.03. The van der Waals surface area contributed by atoms with E-state index in [-0.39, 0.29) is 5.91 Å². The first-order valence-electron chi connectivity index (χ1n) is 7.90. The zero-order valence-corrected chi connectivity index (χ0v) is 14.8. The first-order chi connectivity index (χ1) is 11.7. The summed E-state index contributed by atoms with van der Waals surface area (Å²) >= 11 is 0. The van der Waals surface area contributed by atoms with E-state index in [1.807, 2.05) is 0 Å². The van der Waals surface area contributed by atoms with Crippen molar-refractivity contribution in [1.82, 2.24) is 15.3 Å². The van der Waals surface area contributed by atoms with Gasteiger partial charge in [0.2, 0.25) is 0 Å². The van der Waals surface area contributed by atoms with Crippen LogP contribution in [0, 0.1) is 6.92 Å². The van der Waals surface area contributed by atoms with E-state index in [0.717, 1.165) is 5.69 Å². The SMILES string of the molecule is Cc1nccc(CNC(=O)c2cccc(NC(=O)OC(C)(C)C)c2)n1. The Bertz CT molecular complexity index is 769. The van der Waals surface area contributed by atoms with Gasteiger partial charge in [-0.05, 0) is 52.0 Å². The highest BCUT2D eigenvalue weighted by Gasteiger charge is 2.16. The maximum Gasteiger partial charge on any atom is 0.412 e. The monoisotopic (exact) mass is 342 g/mol. The van der Waals surface area contributed by atoms with Gasteiger partial charge in [0.15, 0.2) is 0 Å². The van der Waals surface area contributed by atoms with Crippen molar-refractivity contribution in [3.05, 3.63) is 53.6 Å². The van der Waals surface area contributed by atoms with Gasteiger partial charge in [0.25, 0.3) is 5.91 Å². The van der Waals surface area contributed by atoms with Crippen LogP contribution in [0.5, 0.6) is 0 Å². The molecule has 132 valence electrons. The predicted molar refractivity (Wildman–Crippen MR) is 94.2 cm³/mol. The molecule has 7 heteroatoms. The molecule has 0 fully saturated rings. The van der Waals surface area contributed by atoms with Crippen molar-refractivity contribution in [3.63, 3.8) is 0 Å². The van der Waals surface area contributed by atoms with Crippen LogP contribution in [0.25, 0.3) is 0 Å². The molecular formula is C18H22N4O3. The molecule has 25 heavy (non-hydrogen) atoms. The molecule has 1 heterocycles. The van der Waals surface area contributed by atoms with Crippen molar-refractivity contribution in [2.45, 2.75) is 39.8 Å². The Balaban J connectivity index is 1.97. The molecule has 2 rings (SSSR count). The highest BCUT2D eigenvalue weighted by atomic mass is 16.6. The van der Waals surface area contributed by atoms with E-state index < -0.39 is 11.7 Å². The zero-order valence-electron chi connectivity index (χ0n) is 14.8. The summed E-state index contributed by atoms with van der Waals surface area (Å²) in [5.41, 5.74) is 1.05. The van der Waals surface area contributed by atoms with Gasteiger partial charge in [0.05, 0.1) is 12.2 Å². The molecule has 0 radical (unpaired) electrons. The third kappa shape index (κ3) is 6.21. The van der Waals surface area contributed by atoms with Crippen molar-refractivity contribution >= 4 is 17.7 Å². The number of hydrogen-bond acceptors (Lipinski definition) is 5. The third-order valence-electron chi connectivity index (χ3n) is 3.03. The minimum Gasteiger partial charge on any atom is -0.444 e. The topological polar surface area (TPSA) is 93.2 Å². The molecular weight excluding hydrogens is 320 g/mol. The number of hydrogen-bond donors (Lipinski definition) is 2. The van der Waals surface area contributed by atoms with E-state index in [4.69, 9.17) is 4.74 Å². The lowest BCUT2D eigenvalue weighted by Crippen LogP contribution is -2.27. The Kier molecular flexibility index (Phi) is 5.69. The number of carbonyl (C=O) groups is 2. The first kappa shape index (κ1) is 18.4. The molecule has 0 spiro atoms. The van der Waals surface area contributed by atoms with Crippen molar-refractivity contribution in [3.8, 4) is 0 Å². The average Bonchev–Trinajstić information content (AvgIpc) is 2.51.